The molecule has 0 saturated carbocycles. The lowest BCUT2D eigenvalue weighted by atomic mass is 9.95. The summed E-state index contributed by atoms with van der Waals surface area (Å²) in [5.74, 6) is 0.348. The first kappa shape index (κ1) is 16.0. The van der Waals surface area contributed by atoms with Gasteiger partial charge in [0.1, 0.15) is 0 Å². The van der Waals surface area contributed by atoms with Gasteiger partial charge in [-0.2, -0.15) is 5.26 Å². The smallest absolute Gasteiger partial charge is 0.230 e. The fourth-order valence-electron chi connectivity index (χ4n) is 3.62. The van der Waals surface area contributed by atoms with E-state index in [1.807, 2.05) is 23.1 Å². The first-order chi connectivity index (χ1) is 11.6. The quantitative estimate of drug-likeness (QED) is 0.653. The molecule has 0 spiro atoms. The molecule has 4 rings (SSSR count). The van der Waals surface area contributed by atoms with Gasteiger partial charge in [0, 0.05) is 11.1 Å². The Balaban J connectivity index is 1.34. The van der Waals surface area contributed by atoms with Gasteiger partial charge in [0.15, 0.2) is 10.5 Å². The highest BCUT2D eigenvalue weighted by Gasteiger charge is 2.46. The molecule has 2 bridgehead atoms. The van der Waals surface area contributed by atoms with Crippen LogP contribution in [-0.2, 0) is 4.79 Å². The number of nitriles is 1. The number of amides is 1. The van der Waals surface area contributed by atoms with Crippen LogP contribution in [0.4, 0.5) is 0 Å². The van der Waals surface area contributed by atoms with E-state index in [2.05, 4.69) is 16.5 Å². The van der Waals surface area contributed by atoms with Crippen molar-refractivity contribution in [2.75, 3.05) is 5.75 Å². The van der Waals surface area contributed by atoms with Crippen LogP contribution in [0.15, 0.2) is 22.5 Å². The molecule has 0 radical (unpaired) electrons. The van der Waals surface area contributed by atoms with Gasteiger partial charge in [-0.05, 0) is 37.5 Å². The van der Waals surface area contributed by atoms with Gasteiger partial charge in [-0.3, -0.25) is 4.79 Å². The zero-order chi connectivity index (χ0) is 16.7. The third kappa shape index (κ3) is 2.94. The molecule has 2 unspecified atom stereocenters. The standard InChI is InChI=1S/C16H15ClN4OS2/c17-9-1-4-14-12(5-9)20-16(24-14)23-7-15(22)19-11-6-10-2-3-13(11)21(10)8-18/h1,4-5,10-11,13H,2-3,6-7H2,(H,19,22)/t10?,11-,13?/m1/s1. The van der Waals surface area contributed by atoms with Crippen molar-refractivity contribution in [3.05, 3.63) is 23.2 Å². The lowest BCUT2D eigenvalue weighted by Crippen LogP contribution is -2.43. The molecular weight excluding hydrogens is 364 g/mol. The van der Waals surface area contributed by atoms with Crippen molar-refractivity contribution in [2.45, 2.75) is 41.7 Å². The van der Waals surface area contributed by atoms with Crippen LogP contribution in [0.2, 0.25) is 5.02 Å². The van der Waals surface area contributed by atoms with Crippen LogP contribution in [0.3, 0.4) is 0 Å². The second kappa shape index (κ2) is 6.43. The molecule has 8 heteroatoms. The Morgan fingerprint density at radius 2 is 2.42 bits per heavy atom. The molecule has 3 heterocycles. The van der Waals surface area contributed by atoms with Crippen molar-refractivity contribution in [3.63, 3.8) is 0 Å². The molecule has 2 aliphatic heterocycles. The Hall–Kier alpha value is -1.49. The molecule has 1 N–H and O–H groups in total. The number of thioether (sulfide) groups is 1. The Morgan fingerprint density at radius 3 is 3.21 bits per heavy atom. The Morgan fingerprint density at radius 1 is 1.54 bits per heavy atom. The summed E-state index contributed by atoms with van der Waals surface area (Å²) in [5, 5.41) is 12.9. The van der Waals surface area contributed by atoms with E-state index in [0.717, 1.165) is 33.8 Å². The number of benzene rings is 1. The van der Waals surface area contributed by atoms with Crippen LogP contribution in [0.25, 0.3) is 10.2 Å². The number of hydrogen-bond acceptors (Lipinski definition) is 6. The molecule has 1 amide bonds. The largest absolute Gasteiger partial charge is 0.350 e. The Kier molecular flexibility index (Phi) is 4.29. The van der Waals surface area contributed by atoms with E-state index in [1.165, 1.54) is 11.8 Å². The summed E-state index contributed by atoms with van der Waals surface area (Å²) in [7, 11) is 0. The number of thiazole rings is 1. The molecule has 24 heavy (non-hydrogen) atoms. The summed E-state index contributed by atoms with van der Waals surface area (Å²) < 4.78 is 1.94. The first-order valence-corrected chi connectivity index (χ1v) is 9.98. The van der Waals surface area contributed by atoms with Gasteiger partial charge in [-0.1, -0.05) is 23.4 Å². The van der Waals surface area contributed by atoms with E-state index in [4.69, 9.17) is 11.6 Å². The summed E-state index contributed by atoms with van der Waals surface area (Å²) >= 11 is 8.98. The second-order valence-electron chi connectivity index (χ2n) is 6.10. The molecule has 1 aromatic heterocycles. The molecule has 2 fully saturated rings. The van der Waals surface area contributed by atoms with Crippen molar-refractivity contribution in [1.29, 1.82) is 5.26 Å². The predicted octanol–water partition coefficient (Wildman–Crippen LogP) is 3.24. The minimum Gasteiger partial charge on any atom is -0.350 e. The van der Waals surface area contributed by atoms with Crippen molar-refractivity contribution in [2.24, 2.45) is 0 Å². The van der Waals surface area contributed by atoms with Crippen molar-refractivity contribution in [3.8, 4) is 6.19 Å². The van der Waals surface area contributed by atoms with E-state index in [-0.39, 0.29) is 18.0 Å². The van der Waals surface area contributed by atoms with Gasteiger partial charge in [0.25, 0.3) is 0 Å². The molecule has 0 aliphatic carbocycles. The van der Waals surface area contributed by atoms with E-state index in [1.54, 1.807) is 11.3 Å². The molecule has 2 aromatic rings. The molecule has 3 atom stereocenters. The van der Waals surface area contributed by atoms with Gasteiger partial charge < -0.3 is 10.2 Å². The monoisotopic (exact) mass is 378 g/mol. The van der Waals surface area contributed by atoms with Gasteiger partial charge >= 0.3 is 0 Å². The zero-order valence-corrected chi connectivity index (χ0v) is 15.1. The number of halogens is 1. The highest BCUT2D eigenvalue weighted by Crippen LogP contribution is 2.37. The first-order valence-electron chi connectivity index (χ1n) is 7.80. The maximum absolute atomic E-state index is 12.2. The number of rotatable bonds is 4. The number of fused-ring (bicyclic) bond motifs is 3. The van der Waals surface area contributed by atoms with Gasteiger partial charge in [-0.15, -0.1) is 11.3 Å². The van der Waals surface area contributed by atoms with Crippen molar-refractivity contribution < 1.29 is 4.79 Å². The maximum atomic E-state index is 12.2. The minimum absolute atomic E-state index is 0.00716. The zero-order valence-electron chi connectivity index (χ0n) is 12.7. The second-order valence-corrected chi connectivity index (χ2v) is 8.79. The molecule has 2 saturated heterocycles. The fraction of sp³-hybridized carbons (Fsp3) is 0.438. The average molecular weight is 379 g/mol. The van der Waals surface area contributed by atoms with Crippen LogP contribution < -0.4 is 5.32 Å². The number of nitrogens with one attached hydrogen (secondary N) is 1. The van der Waals surface area contributed by atoms with Crippen LogP contribution in [0, 0.1) is 11.5 Å². The Bertz CT molecular complexity index is 833. The third-order valence-corrected chi connectivity index (χ3v) is 7.07. The average Bonchev–Trinajstić information content (AvgIpc) is 3.23. The molecule has 1 aromatic carbocycles. The number of hydrogen-bond donors (Lipinski definition) is 1. The summed E-state index contributed by atoms with van der Waals surface area (Å²) in [6, 6.07) is 6.23. The highest BCUT2D eigenvalue weighted by molar-refractivity contribution is 8.01. The topological polar surface area (TPSA) is 69.0 Å². The van der Waals surface area contributed by atoms with Crippen LogP contribution in [0.1, 0.15) is 19.3 Å². The fourth-order valence-corrected chi connectivity index (χ4v) is 5.64. The lowest BCUT2D eigenvalue weighted by Gasteiger charge is -2.21. The number of nitrogens with zero attached hydrogens (tertiary/aromatic N) is 3. The summed E-state index contributed by atoms with van der Waals surface area (Å²) in [5.41, 5.74) is 0.869. The van der Waals surface area contributed by atoms with Gasteiger partial charge in [0.2, 0.25) is 5.91 Å². The Labute approximate surface area is 153 Å². The summed E-state index contributed by atoms with van der Waals surface area (Å²) in [4.78, 5) is 18.6. The molecule has 124 valence electrons. The predicted molar refractivity (Wildman–Crippen MR) is 96.2 cm³/mol. The van der Waals surface area contributed by atoms with Gasteiger partial charge in [0.05, 0.1) is 28.1 Å². The summed E-state index contributed by atoms with van der Waals surface area (Å²) in [6.45, 7) is 0. The van der Waals surface area contributed by atoms with Gasteiger partial charge in [-0.25, -0.2) is 4.98 Å². The van der Waals surface area contributed by atoms with E-state index in [9.17, 15) is 10.1 Å². The SMILES string of the molecule is N#CN1C2CCC1[C@H](NC(=O)CSc1nc3cc(Cl)ccc3s1)C2. The number of carbonyl (C=O) groups is 1. The molecule has 5 nitrogen and oxygen atoms in total. The van der Waals surface area contributed by atoms with Crippen LogP contribution in [0.5, 0.6) is 0 Å². The van der Waals surface area contributed by atoms with E-state index < -0.39 is 0 Å². The third-order valence-electron chi connectivity index (χ3n) is 4.66. The van der Waals surface area contributed by atoms with Crippen LogP contribution >= 0.6 is 34.7 Å². The molecular formula is C16H15ClN4OS2. The molecule has 2 aliphatic rings. The van der Waals surface area contributed by atoms with Crippen molar-refractivity contribution >= 4 is 50.8 Å². The highest BCUT2D eigenvalue weighted by atomic mass is 35.5. The minimum atomic E-state index is 0.00716. The van der Waals surface area contributed by atoms with E-state index in [0.29, 0.717) is 16.8 Å². The van der Waals surface area contributed by atoms with Crippen LogP contribution in [-0.4, -0.2) is 39.7 Å². The maximum Gasteiger partial charge on any atom is 0.230 e. The summed E-state index contributed by atoms with van der Waals surface area (Å²) in [6.07, 6.45) is 5.21. The number of carbonyl (C=O) groups excluding carboxylic acids is 1. The number of aromatic nitrogens is 1. The normalized spacial score (nSPS) is 25.2. The van der Waals surface area contributed by atoms with Crippen molar-refractivity contribution in [1.82, 2.24) is 15.2 Å². The lowest BCUT2D eigenvalue weighted by molar-refractivity contribution is -0.119. The van der Waals surface area contributed by atoms with E-state index >= 15 is 0 Å².